The van der Waals surface area contributed by atoms with E-state index in [1.54, 1.807) is 11.7 Å². The molecular weight excluding hydrogens is 260 g/mol. The zero-order valence-electron chi connectivity index (χ0n) is 10.3. The van der Waals surface area contributed by atoms with Crippen LogP contribution in [0.2, 0.25) is 0 Å². The van der Waals surface area contributed by atoms with E-state index in [-0.39, 0.29) is 0 Å². The summed E-state index contributed by atoms with van der Waals surface area (Å²) in [6.45, 7) is 2.57. The number of benzene rings is 1. The number of hydrogen-bond acceptors (Lipinski definition) is 6. The molecular formula is C13H12N4OS. The van der Waals surface area contributed by atoms with Gasteiger partial charge in [-0.15, -0.1) is 11.3 Å². The molecule has 0 atom stereocenters. The van der Waals surface area contributed by atoms with E-state index in [0.29, 0.717) is 18.3 Å². The zero-order valence-corrected chi connectivity index (χ0v) is 11.1. The number of aryl methyl sites for hydroxylation is 1. The van der Waals surface area contributed by atoms with Gasteiger partial charge in [0, 0.05) is 11.9 Å². The lowest BCUT2D eigenvalue weighted by Crippen LogP contribution is -1.99. The van der Waals surface area contributed by atoms with Gasteiger partial charge in [0.15, 0.2) is 0 Å². The van der Waals surface area contributed by atoms with E-state index in [9.17, 15) is 0 Å². The Bertz CT molecular complexity index is 646. The van der Waals surface area contributed by atoms with Crippen molar-refractivity contribution in [2.45, 2.75) is 13.5 Å². The number of hydrogen-bond donors (Lipinski definition) is 1. The second kappa shape index (κ2) is 5.19. The minimum absolute atomic E-state index is 0.509. The Labute approximate surface area is 114 Å². The molecule has 3 aromatic rings. The van der Waals surface area contributed by atoms with Crippen LogP contribution in [-0.2, 0) is 6.54 Å². The predicted octanol–water partition coefficient (Wildman–Crippen LogP) is 3.11. The Balaban J connectivity index is 1.66. The Hall–Kier alpha value is -2.21. The molecule has 0 spiro atoms. The van der Waals surface area contributed by atoms with Gasteiger partial charge in [-0.25, -0.2) is 0 Å². The van der Waals surface area contributed by atoms with Crippen LogP contribution >= 0.6 is 11.3 Å². The van der Waals surface area contributed by atoms with Crippen molar-refractivity contribution in [2.24, 2.45) is 0 Å². The van der Waals surface area contributed by atoms with Gasteiger partial charge in [-0.3, -0.25) is 4.98 Å². The number of nitrogens with zero attached hydrogens (tertiary/aromatic N) is 3. The van der Waals surface area contributed by atoms with Crippen LogP contribution in [0.4, 0.5) is 5.69 Å². The first-order chi connectivity index (χ1) is 9.31. The maximum Gasteiger partial charge on any atom is 0.246 e. The summed E-state index contributed by atoms with van der Waals surface area (Å²) in [5.41, 5.74) is 4.01. The van der Waals surface area contributed by atoms with Crippen molar-refractivity contribution in [1.82, 2.24) is 15.1 Å². The summed E-state index contributed by atoms with van der Waals surface area (Å²) < 4.78 is 5.19. The van der Waals surface area contributed by atoms with E-state index < -0.39 is 0 Å². The Morgan fingerprint density at radius 2 is 2.11 bits per heavy atom. The van der Waals surface area contributed by atoms with Crippen LogP contribution < -0.4 is 5.32 Å². The molecule has 0 saturated carbocycles. The average molecular weight is 272 g/mol. The highest BCUT2D eigenvalue weighted by atomic mass is 32.1. The highest BCUT2D eigenvalue weighted by molar-refractivity contribution is 7.13. The molecule has 2 aromatic heterocycles. The fraction of sp³-hybridized carbons (Fsp3) is 0.154. The van der Waals surface area contributed by atoms with Crippen molar-refractivity contribution >= 4 is 17.0 Å². The van der Waals surface area contributed by atoms with Crippen LogP contribution in [-0.4, -0.2) is 15.1 Å². The minimum Gasteiger partial charge on any atom is -0.376 e. The second-order valence-electron chi connectivity index (χ2n) is 4.10. The van der Waals surface area contributed by atoms with Gasteiger partial charge in [0.1, 0.15) is 0 Å². The maximum absolute atomic E-state index is 5.19. The van der Waals surface area contributed by atoms with Crippen LogP contribution in [0.1, 0.15) is 11.5 Å². The zero-order chi connectivity index (χ0) is 13.1. The van der Waals surface area contributed by atoms with Gasteiger partial charge in [0.05, 0.1) is 16.9 Å². The monoisotopic (exact) mass is 272 g/mol. The Kier molecular flexibility index (Phi) is 3.24. The topological polar surface area (TPSA) is 63.8 Å². The van der Waals surface area contributed by atoms with Crippen molar-refractivity contribution < 1.29 is 4.52 Å². The lowest BCUT2D eigenvalue weighted by Gasteiger charge is -2.02. The first kappa shape index (κ1) is 11.9. The van der Waals surface area contributed by atoms with E-state index in [2.05, 4.69) is 39.5 Å². The molecule has 6 heteroatoms. The fourth-order valence-corrected chi connectivity index (χ4v) is 2.15. The molecule has 3 rings (SSSR count). The van der Waals surface area contributed by atoms with Gasteiger partial charge in [0.2, 0.25) is 11.7 Å². The molecule has 0 aliphatic rings. The molecule has 2 heterocycles. The quantitative estimate of drug-likeness (QED) is 0.790. The molecule has 19 heavy (non-hydrogen) atoms. The Morgan fingerprint density at radius 3 is 2.84 bits per heavy atom. The molecule has 0 fully saturated rings. The van der Waals surface area contributed by atoms with E-state index in [1.807, 2.05) is 12.1 Å². The lowest BCUT2D eigenvalue weighted by molar-refractivity contribution is 0.384. The number of nitrogens with one attached hydrogen (secondary N) is 1. The van der Waals surface area contributed by atoms with Gasteiger partial charge in [0.25, 0.3) is 0 Å². The highest BCUT2D eigenvalue weighted by Gasteiger charge is 2.09. The lowest BCUT2D eigenvalue weighted by atomic mass is 10.2. The molecule has 0 unspecified atom stereocenters. The standard InChI is InChI=1S/C13H12N4OS/c1-9-2-4-10(5-3-9)15-7-12-16-13(17-18-12)11-6-14-8-19-11/h2-6,8,15H,7H2,1H3. The maximum atomic E-state index is 5.19. The summed E-state index contributed by atoms with van der Waals surface area (Å²) in [6.07, 6.45) is 1.73. The largest absolute Gasteiger partial charge is 0.376 e. The molecule has 0 aliphatic heterocycles. The first-order valence-corrected chi connectivity index (χ1v) is 6.71. The molecule has 1 N–H and O–H groups in total. The van der Waals surface area contributed by atoms with Gasteiger partial charge < -0.3 is 9.84 Å². The molecule has 5 nitrogen and oxygen atoms in total. The normalized spacial score (nSPS) is 10.6. The van der Waals surface area contributed by atoms with Crippen molar-refractivity contribution in [3.63, 3.8) is 0 Å². The molecule has 1 aromatic carbocycles. The van der Waals surface area contributed by atoms with Gasteiger partial charge in [-0.2, -0.15) is 4.98 Å². The summed E-state index contributed by atoms with van der Waals surface area (Å²) in [6, 6.07) is 8.16. The second-order valence-corrected chi connectivity index (χ2v) is 4.98. The highest BCUT2D eigenvalue weighted by Crippen LogP contribution is 2.19. The van der Waals surface area contributed by atoms with Gasteiger partial charge in [-0.05, 0) is 19.1 Å². The van der Waals surface area contributed by atoms with Gasteiger partial charge in [-0.1, -0.05) is 22.9 Å². The summed E-state index contributed by atoms with van der Waals surface area (Å²) in [4.78, 5) is 9.21. The van der Waals surface area contributed by atoms with E-state index in [4.69, 9.17) is 4.52 Å². The third kappa shape index (κ3) is 2.79. The van der Waals surface area contributed by atoms with Crippen molar-refractivity contribution in [3.05, 3.63) is 47.4 Å². The molecule has 96 valence electrons. The smallest absolute Gasteiger partial charge is 0.246 e. The van der Waals surface area contributed by atoms with Crippen molar-refractivity contribution in [3.8, 4) is 10.7 Å². The molecule has 0 amide bonds. The van der Waals surface area contributed by atoms with Gasteiger partial charge >= 0.3 is 0 Å². The molecule has 0 saturated heterocycles. The van der Waals surface area contributed by atoms with Crippen LogP contribution in [0.3, 0.4) is 0 Å². The number of anilines is 1. The van der Waals surface area contributed by atoms with E-state index in [1.165, 1.54) is 16.9 Å². The van der Waals surface area contributed by atoms with E-state index >= 15 is 0 Å². The van der Waals surface area contributed by atoms with Crippen LogP contribution in [0, 0.1) is 6.92 Å². The SMILES string of the molecule is Cc1ccc(NCc2nc(-c3cncs3)no2)cc1. The number of thiazole rings is 1. The minimum atomic E-state index is 0.509. The fourth-order valence-electron chi connectivity index (χ4n) is 1.60. The van der Waals surface area contributed by atoms with Crippen LogP contribution in [0.25, 0.3) is 10.7 Å². The number of rotatable bonds is 4. The summed E-state index contributed by atoms with van der Waals surface area (Å²) in [5, 5.41) is 7.17. The summed E-state index contributed by atoms with van der Waals surface area (Å²) in [7, 11) is 0. The summed E-state index contributed by atoms with van der Waals surface area (Å²) in [5.74, 6) is 1.15. The summed E-state index contributed by atoms with van der Waals surface area (Å²) >= 11 is 1.49. The molecule has 0 bridgehead atoms. The number of aromatic nitrogens is 3. The average Bonchev–Trinajstić information content (AvgIpc) is 3.09. The van der Waals surface area contributed by atoms with Crippen molar-refractivity contribution in [1.29, 1.82) is 0 Å². The first-order valence-electron chi connectivity index (χ1n) is 5.83. The third-order valence-electron chi connectivity index (χ3n) is 2.62. The Morgan fingerprint density at radius 1 is 1.26 bits per heavy atom. The van der Waals surface area contributed by atoms with Crippen molar-refractivity contribution in [2.75, 3.05) is 5.32 Å². The van der Waals surface area contributed by atoms with Crippen LogP contribution in [0.5, 0.6) is 0 Å². The molecule has 0 radical (unpaired) electrons. The third-order valence-corrected chi connectivity index (χ3v) is 3.39. The van der Waals surface area contributed by atoms with Crippen LogP contribution in [0.15, 0.2) is 40.5 Å². The predicted molar refractivity (Wildman–Crippen MR) is 73.9 cm³/mol. The van der Waals surface area contributed by atoms with E-state index in [0.717, 1.165) is 10.6 Å². The molecule has 0 aliphatic carbocycles.